The third-order valence-electron chi connectivity index (χ3n) is 7.15. The molecule has 45 heavy (non-hydrogen) atoms. The Labute approximate surface area is 262 Å². The number of phenols is 1. The Morgan fingerprint density at radius 1 is 0.933 bits per heavy atom. The van der Waals surface area contributed by atoms with Crippen LogP contribution >= 0.6 is 0 Å². The molecule has 1 aliphatic carbocycles. The molecule has 2 N–H and O–H groups in total. The Balaban J connectivity index is 0.00000102. The number of anilines is 1. The van der Waals surface area contributed by atoms with Crippen LogP contribution in [0.2, 0.25) is 0 Å². The fraction of sp³-hybridized carbons (Fsp3) is 0.242. The van der Waals surface area contributed by atoms with E-state index in [2.05, 4.69) is 23.3 Å². The average Bonchev–Trinajstić information content (AvgIpc) is 2.99. The molecule has 0 saturated carbocycles. The number of hydrogen-bond donors (Lipinski definition) is 2. The number of phenolic OH excluding ortho intramolecular Hbond substituents is 1. The normalized spacial score (nSPS) is 13.0. The molecule has 0 fully saturated rings. The van der Waals surface area contributed by atoms with Crippen LogP contribution in [0.4, 0.5) is 5.69 Å². The average molecular weight is 639 g/mol. The van der Waals surface area contributed by atoms with Crippen LogP contribution < -0.4 is 39.8 Å². The van der Waals surface area contributed by atoms with Crippen molar-refractivity contribution >= 4 is 41.2 Å². The fourth-order valence-corrected chi connectivity index (χ4v) is 4.95. The molecule has 0 saturated heterocycles. The van der Waals surface area contributed by atoms with E-state index in [-0.39, 0.29) is 11.3 Å². The lowest BCUT2D eigenvalue weighted by atomic mass is 9.92. The molecule has 1 aromatic heterocycles. The summed E-state index contributed by atoms with van der Waals surface area (Å²) < 4.78 is 41.8. The van der Waals surface area contributed by atoms with Crippen LogP contribution in [0.1, 0.15) is 54.7 Å². The Kier molecular flexibility index (Phi) is 12.0. The molecule has 0 bridgehead atoms. The lowest BCUT2D eigenvalue weighted by Crippen LogP contribution is -2.68. The van der Waals surface area contributed by atoms with Gasteiger partial charge < -0.3 is 19.5 Å². The van der Waals surface area contributed by atoms with Gasteiger partial charge in [0, 0.05) is 42.0 Å². The zero-order chi connectivity index (χ0) is 33.3. The lowest BCUT2D eigenvalue weighted by molar-refractivity contribution is -2.00. The van der Waals surface area contributed by atoms with Crippen molar-refractivity contribution in [3.63, 3.8) is 0 Å². The summed E-state index contributed by atoms with van der Waals surface area (Å²) >= 11 is 0. The number of aromatic carboxylic acids is 1. The van der Waals surface area contributed by atoms with Crippen molar-refractivity contribution in [1.29, 1.82) is 0 Å². The first-order chi connectivity index (χ1) is 21.3. The molecule has 238 valence electrons. The van der Waals surface area contributed by atoms with E-state index < -0.39 is 21.8 Å². The van der Waals surface area contributed by atoms with Crippen molar-refractivity contribution in [3.8, 4) is 5.75 Å². The number of allylic oxidation sites excluding steroid dienone is 2. The van der Waals surface area contributed by atoms with Gasteiger partial charge in [-0.3, -0.25) is 0 Å². The maximum absolute atomic E-state index is 13.0. The molecule has 4 rings (SSSR count). The quantitative estimate of drug-likeness (QED) is 0.285. The summed E-state index contributed by atoms with van der Waals surface area (Å²) in [4.78, 5) is 27.2. The van der Waals surface area contributed by atoms with Gasteiger partial charge >= 0.3 is 11.6 Å². The van der Waals surface area contributed by atoms with Crippen molar-refractivity contribution in [3.05, 3.63) is 104 Å². The first kappa shape index (κ1) is 35.0. The molecule has 0 unspecified atom stereocenters. The van der Waals surface area contributed by atoms with E-state index in [9.17, 15) is 19.8 Å². The topological polar surface area (TPSA) is 186 Å². The first-order valence-electron chi connectivity index (χ1n) is 14.2. The van der Waals surface area contributed by atoms with Crippen LogP contribution in [-0.2, 0) is 0 Å². The molecule has 12 heteroatoms. The third kappa shape index (κ3) is 9.24. The summed E-state index contributed by atoms with van der Waals surface area (Å²) in [6.45, 7) is 11.5. The predicted molar refractivity (Wildman–Crippen MR) is 161 cm³/mol. The molecule has 0 aliphatic heterocycles. The van der Waals surface area contributed by atoms with Gasteiger partial charge in [-0.25, -0.2) is 32.8 Å². The molecule has 2 aromatic carbocycles. The number of carboxylic acids is 1. The first-order valence-corrected chi connectivity index (χ1v) is 15.4. The van der Waals surface area contributed by atoms with Crippen LogP contribution in [0, 0.1) is 10.2 Å². The Morgan fingerprint density at radius 3 is 2.11 bits per heavy atom. The highest BCUT2D eigenvalue weighted by atomic mass is 35.7. The van der Waals surface area contributed by atoms with Crippen molar-refractivity contribution in [2.24, 2.45) is 0 Å². The van der Waals surface area contributed by atoms with E-state index in [4.69, 9.17) is 23.1 Å². The Hall–Kier alpha value is -4.52. The molecule has 0 radical (unpaired) electrons. The molecule has 0 amide bonds. The van der Waals surface area contributed by atoms with Crippen molar-refractivity contribution in [2.75, 3.05) is 31.1 Å². The number of fused-ring (bicyclic) bond motifs is 1. The second kappa shape index (κ2) is 15.5. The van der Waals surface area contributed by atoms with Crippen LogP contribution in [0.3, 0.4) is 0 Å². The van der Waals surface area contributed by atoms with Gasteiger partial charge in [-0.2, -0.15) is 0 Å². The molecular weight excluding hydrogens is 604 g/mol. The number of halogens is 1. The fourth-order valence-electron chi connectivity index (χ4n) is 4.95. The van der Waals surface area contributed by atoms with Gasteiger partial charge in [-0.1, -0.05) is 24.3 Å². The highest BCUT2D eigenvalue weighted by Crippen LogP contribution is 2.35. The minimum Gasteiger partial charge on any atom is -0.507 e. The third-order valence-corrected chi connectivity index (χ3v) is 7.15. The van der Waals surface area contributed by atoms with Gasteiger partial charge in [0.25, 0.3) is 0 Å². The van der Waals surface area contributed by atoms with Crippen molar-refractivity contribution in [2.45, 2.75) is 27.7 Å². The smallest absolute Gasteiger partial charge is 0.343 e. The highest BCUT2D eigenvalue weighted by Gasteiger charge is 2.18. The number of hydrogen-bond acceptors (Lipinski definition) is 9. The molecule has 11 nitrogen and oxygen atoms in total. The number of benzene rings is 2. The summed E-state index contributed by atoms with van der Waals surface area (Å²) in [6, 6.07) is 13.7. The van der Waals surface area contributed by atoms with Gasteiger partial charge in [0.05, 0.1) is 16.9 Å². The van der Waals surface area contributed by atoms with E-state index >= 15 is 0 Å². The summed E-state index contributed by atoms with van der Waals surface area (Å²) in [5, 5.41) is 21.3. The van der Waals surface area contributed by atoms with Crippen molar-refractivity contribution < 1.29 is 52.9 Å². The van der Waals surface area contributed by atoms with Crippen LogP contribution in [-0.4, -0.2) is 52.6 Å². The molecule has 0 atom stereocenters. The van der Waals surface area contributed by atoms with Crippen molar-refractivity contribution in [1.82, 2.24) is 0 Å². The van der Waals surface area contributed by atoms with Crippen LogP contribution in [0.5, 0.6) is 5.75 Å². The Morgan fingerprint density at radius 2 is 1.56 bits per heavy atom. The van der Waals surface area contributed by atoms with E-state index in [0.717, 1.165) is 43.1 Å². The van der Waals surface area contributed by atoms with Gasteiger partial charge in [-0.15, -0.1) is 10.2 Å². The number of aromatic hydroxyl groups is 1. The summed E-state index contributed by atoms with van der Waals surface area (Å²) in [7, 11) is -4.94. The number of nitrogens with zero attached hydrogens (tertiary/aromatic N) is 2. The van der Waals surface area contributed by atoms with Gasteiger partial charge in [-0.05, 0) is 75.2 Å². The monoisotopic (exact) mass is 638 g/mol. The predicted octanol–water partition coefficient (Wildman–Crippen LogP) is -0.653. The van der Waals surface area contributed by atoms with Gasteiger partial charge in [0.2, 0.25) is 5.71 Å². The summed E-state index contributed by atoms with van der Waals surface area (Å²) in [5.74, 6) is -1.08. The summed E-state index contributed by atoms with van der Waals surface area (Å²) in [6.07, 6.45) is 9.06. The highest BCUT2D eigenvalue weighted by molar-refractivity contribution is 6.17. The second-order valence-corrected chi connectivity index (χ2v) is 10.5. The van der Waals surface area contributed by atoms with E-state index in [1.807, 2.05) is 38.1 Å². The minimum atomic E-state index is -4.94. The Bertz CT molecular complexity index is 1800. The number of carboxylic acid groups (broad SMARTS) is 1. The zero-order valence-electron chi connectivity index (χ0n) is 25.4. The van der Waals surface area contributed by atoms with E-state index in [1.165, 1.54) is 6.07 Å². The molecule has 1 aliphatic rings. The van der Waals surface area contributed by atoms with Gasteiger partial charge in [0.15, 0.2) is 0 Å². The van der Waals surface area contributed by atoms with Gasteiger partial charge in [0.1, 0.15) is 24.3 Å². The lowest BCUT2D eigenvalue weighted by Gasteiger charge is -2.22. The molecule has 0 spiro atoms. The largest absolute Gasteiger partial charge is 0.507 e. The second-order valence-electron chi connectivity index (χ2n) is 9.73. The van der Waals surface area contributed by atoms with Crippen LogP contribution in [0.15, 0.2) is 69.9 Å². The van der Waals surface area contributed by atoms with E-state index in [0.29, 0.717) is 27.3 Å². The standard InChI is InChI=1S/C33H34N2O5.ClHO4/c1-5-34(6-2)24-16-18-28(30(36)20-24)27(26-11-9-10-12-29(26)32(37)38)17-14-23-19-22-13-15-25(35(7-3)8-4)21-31(22)40-33(23)39;2-1(3,4)5/h9-21H,5-8H2,1-4H3,(H,37,38);(H,2,3,4,5). The summed E-state index contributed by atoms with van der Waals surface area (Å²) in [5.41, 5.74) is 4.04. The zero-order valence-corrected chi connectivity index (χ0v) is 26.1. The minimum absolute atomic E-state index is 0.0127. The maximum atomic E-state index is 13.0. The molecule has 1 heterocycles. The number of carbonyl (C=O) groups is 1. The SMILES string of the molecule is CCN(CC)c1ccc(/C(=C\C=c2/cc3c(oc2=O)=CC(=[N+](CC)CC)C=C3)c2ccccc2C(=O)O)c(O)c1.[O-][Cl+3]([O-])([O-])[O-]. The molecule has 3 aromatic rings. The molecular formula is C33H35ClN2O9. The van der Waals surface area contributed by atoms with Crippen LogP contribution in [0.25, 0.3) is 23.8 Å². The maximum Gasteiger partial charge on any atom is 0.343 e. The van der Waals surface area contributed by atoms with E-state index in [1.54, 1.807) is 48.6 Å². The number of rotatable bonds is 9.